The Morgan fingerprint density at radius 3 is 1.63 bits per heavy atom. The number of phenols is 1. The molecule has 0 saturated carbocycles. The summed E-state index contributed by atoms with van der Waals surface area (Å²) in [6, 6.07) is 10.7. The largest absolute Gasteiger partial charge is 0.508 e. The maximum absolute atomic E-state index is 13.9. The highest BCUT2D eigenvalue weighted by molar-refractivity contribution is 5.99. The predicted molar refractivity (Wildman–Crippen MR) is 202 cm³/mol. The number of benzene rings is 2. The van der Waals surface area contributed by atoms with Gasteiger partial charge in [-0.05, 0) is 69.2 Å². The van der Waals surface area contributed by atoms with Crippen LogP contribution in [0.1, 0.15) is 66.5 Å². The first-order chi connectivity index (χ1) is 25.0. The van der Waals surface area contributed by atoms with Crippen molar-refractivity contribution in [3.8, 4) is 5.75 Å². The molecule has 16 nitrogen and oxygen atoms in total. The summed E-state index contributed by atoms with van der Waals surface area (Å²) in [5.74, 6) is -5.52. The molecule has 7 amide bonds. The number of hydrogen-bond donors (Lipinski definition) is 9. The Kier molecular flexibility index (Phi) is 16.2. The van der Waals surface area contributed by atoms with E-state index in [0.717, 1.165) is 0 Å². The SMILES string of the molecule is CC(C)[C@H](NC(=O)[C@@H](NC(=O)C(C)(C)NC(=O)[C@H](Cc1ccccc1)NC(=O)C(C)(C)NC(=O)[C@@H](N)Cc1ccc(O)cc1)C(C)C)C(=O)NCC(N)=O. The first kappa shape index (κ1) is 44.7. The Morgan fingerprint density at radius 2 is 1.11 bits per heavy atom. The number of rotatable bonds is 19. The second-order valence-corrected chi connectivity index (χ2v) is 15.0. The van der Waals surface area contributed by atoms with Crippen LogP contribution < -0.4 is 43.4 Å². The van der Waals surface area contributed by atoms with Gasteiger partial charge < -0.3 is 48.5 Å². The number of phenolic OH excluding ortho intramolecular Hbond substituents is 1. The fourth-order valence-electron chi connectivity index (χ4n) is 5.20. The van der Waals surface area contributed by atoms with Crippen LogP contribution >= 0.6 is 0 Å². The van der Waals surface area contributed by atoms with Gasteiger partial charge in [0.05, 0.1) is 12.6 Å². The zero-order valence-electron chi connectivity index (χ0n) is 32.2. The number of aromatic hydroxyl groups is 1. The molecule has 0 heterocycles. The lowest BCUT2D eigenvalue weighted by Crippen LogP contribution is -2.65. The third-order valence-corrected chi connectivity index (χ3v) is 8.56. The number of nitrogens with two attached hydrogens (primary N) is 2. The standard InChI is InChI=1S/C38H56N8O8/c1-21(2)29(33(51)41-20-28(40)48)43-34(52)30(22(3)4)44-36(54)38(7,8)46-32(50)27(19-23-12-10-9-11-13-23)42-35(53)37(5,6)45-31(49)26(39)18-24-14-16-25(47)17-15-24/h9-17,21-22,26-27,29-30,47H,18-20,39H2,1-8H3,(H2,40,48)(H,41,51)(H,42,53)(H,43,52)(H,44,54)(H,45,49)(H,46,50)/t26-,27-,29-,30-/m0/s1. The summed E-state index contributed by atoms with van der Waals surface area (Å²) in [6.07, 6.45) is 0.176. The Balaban J connectivity index is 2.21. The summed E-state index contributed by atoms with van der Waals surface area (Å²) in [6.45, 7) is 12.2. The van der Waals surface area contributed by atoms with Crippen molar-refractivity contribution in [2.75, 3.05) is 6.54 Å². The van der Waals surface area contributed by atoms with E-state index in [1.807, 2.05) is 0 Å². The zero-order chi connectivity index (χ0) is 41.0. The minimum Gasteiger partial charge on any atom is -0.508 e. The van der Waals surface area contributed by atoms with E-state index in [0.29, 0.717) is 11.1 Å². The summed E-state index contributed by atoms with van der Waals surface area (Å²) < 4.78 is 0. The highest BCUT2D eigenvalue weighted by Crippen LogP contribution is 2.14. The van der Waals surface area contributed by atoms with E-state index in [1.165, 1.54) is 39.8 Å². The van der Waals surface area contributed by atoms with Crippen molar-refractivity contribution in [2.45, 2.75) is 103 Å². The smallest absolute Gasteiger partial charge is 0.245 e. The molecule has 2 rings (SSSR count). The van der Waals surface area contributed by atoms with Crippen LogP contribution in [0.5, 0.6) is 5.75 Å². The zero-order valence-corrected chi connectivity index (χ0v) is 32.2. The van der Waals surface area contributed by atoms with E-state index < -0.39 is 89.1 Å². The third kappa shape index (κ3) is 13.8. The second-order valence-electron chi connectivity index (χ2n) is 15.0. The molecule has 0 fully saturated rings. The minimum atomic E-state index is -1.61. The number of primary amides is 1. The quantitative estimate of drug-likeness (QED) is 0.0908. The van der Waals surface area contributed by atoms with E-state index in [2.05, 4.69) is 31.9 Å². The molecular formula is C38H56N8O8. The van der Waals surface area contributed by atoms with Gasteiger partial charge in [-0.3, -0.25) is 33.6 Å². The van der Waals surface area contributed by atoms with E-state index in [-0.39, 0.29) is 24.5 Å². The molecule has 11 N–H and O–H groups in total. The van der Waals surface area contributed by atoms with Crippen LogP contribution in [0.2, 0.25) is 0 Å². The average molecular weight is 753 g/mol. The van der Waals surface area contributed by atoms with Crippen molar-refractivity contribution in [2.24, 2.45) is 23.3 Å². The van der Waals surface area contributed by atoms with Crippen molar-refractivity contribution < 1.29 is 38.7 Å². The number of nitrogens with one attached hydrogen (secondary N) is 6. The van der Waals surface area contributed by atoms with Crippen molar-refractivity contribution in [3.05, 3.63) is 65.7 Å². The number of amides is 7. The van der Waals surface area contributed by atoms with Gasteiger partial charge >= 0.3 is 0 Å². The van der Waals surface area contributed by atoms with Gasteiger partial charge in [-0.2, -0.15) is 0 Å². The first-order valence-electron chi connectivity index (χ1n) is 17.7. The molecule has 0 aliphatic heterocycles. The van der Waals surface area contributed by atoms with Crippen molar-refractivity contribution >= 4 is 41.4 Å². The molecule has 2 aromatic rings. The van der Waals surface area contributed by atoms with Crippen LogP contribution in [0.25, 0.3) is 0 Å². The van der Waals surface area contributed by atoms with Gasteiger partial charge in [0.2, 0.25) is 41.4 Å². The number of carbonyl (C=O) groups is 7. The summed E-state index contributed by atoms with van der Waals surface area (Å²) in [5, 5.41) is 25.2. The summed E-state index contributed by atoms with van der Waals surface area (Å²) in [7, 11) is 0. The third-order valence-electron chi connectivity index (χ3n) is 8.56. The van der Waals surface area contributed by atoms with Crippen molar-refractivity contribution in [1.82, 2.24) is 31.9 Å². The molecule has 0 bridgehead atoms. The Morgan fingerprint density at radius 1 is 0.630 bits per heavy atom. The molecule has 0 aromatic heterocycles. The maximum atomic E-state index is 13.9. The molecule has 0 spiro atoms. The molecular weight excluding hydrogens is 696 g/mol. The Labute approximate surface area is 316 Å². The molecule has 296 valence electrons. The molecule has 4 atom stereocenters. The lowest BCUT2D eigenvalue weighted by Gasteiger charge is -2.33. The molecule has 0 aliphatic carbocycles. The monoisotopic (exact) mass is 752 g/mol. The van der Waals surface area contributed by atoms with Gasteiger partial charge in [0.15, 0.2) is 0 Å². The van der Waals surface area contributed by atoms with Crippen LogP contribution in [0.15, 0.2) is 54.6 Å². The molecule has 2 aromatic carbocycles. The number of hydrogen-bond acceptors (Lipinski definition) is 9. The molecule has 0 aliphatic rings. The van der Waals surface area contributed by atoms with Gasteiger partial charge in [0.25, 0.3) is 0 Å². The first-order valence-corrected chi connectivity index (χ1v) is 17.7. The van der Waals surface area contributed by atoms with Crippen molar-refractivity contribution in [3.63, 3.8) is 0 Å². The van der Waals surface area contributed by atoms with Gasteiger partial charge in [0.1, 0.15) is 35.0 Å². The summed E-state index contributed by atoms with van der Waals surface area (Å²) in [4.78, 5) is 91.4. The highest BCUT2D eigenvalue weighted by Gasteiger charge is 2.39. The number of carbonyl (C=O) groups excluding carboxylic acids is 7. The molecule has 0 radical (unpaired) electrons. The van der Waals surface area contributed by atoms with Crippen molar-refractivity contribution in [1.29, 1.82) is 0 Å². The van der Waals surface area contributed by atoms with Crippen LogP contribution in [0.3, 0.4) is 0 Å². The van der Waals surface area contributed by atoms with Crippen LogP contribution in [0, 0.1) is 11.8 Å². The second kappa shape index (κ2) is 19.5. The highest BCUT2D eigenvalue weighted by atomic mass is 16.3. The Bertz CT molecular complexity index is 1640. The fourth-order valence-corrected chi connectivity index (χ4v) is 5.20. The van der Waals surface area contributed by atoms with Crippen LogP contribution in [-0.2, 0) is 46.4 Å². The van der Waals surface area contributed by atoms with E-state index in [1.54, 1.807) is 70.2 Å². The lowest BCUT2D eigenvalue weighted by atomic mass is 9.96. The van der Waals surface area contributed by atoms with E-state index in [4.69, 9.17) is 11.5 Å². The van der Waals surface area contributed by atoms with Gasteiger partial charge in [-0.15, -0.1) is 0 Å². The normalized spacial score (nSPS) is 13.8. The lowest BCUT2D eigenvalue weighted by molar-refractivity contribution is -0.138. The molecule has 0 saturated heterocycles. The molecule has 54 heavy (non-hydrogen) atoms. The van der Waals surface area contributed by atoms with Gasteiger partial charge in [-0.1, -0.05) is 70.2 Å². The van der Waals surface area contributed by atoms with E-state index >= 15 is 0 Å². The molecule has 16 heteroatoms. The van der Waals surface area contributed by atoms with Crippen LogP contribution in [0.4, 0.5) is 0 Å². The van der Waals surface area contributed by atoms with E-state index in [9.17, 15) is 38.7 Å². The maximum Gasteiger partial charge on any atom is 0.245 e. The summed E-state index contributed by atoms with van der Waals surface area (Å²) in [5.41, 5.74) is 9.52. The van der Waals surface area contributed by atoms with Gasteiger partial charge in [0, 0.05) is 6.42 Å². The van der Waals surface area contributed by atoms with Crippen LogP contribution in [-0.4, -0.2) is 88.2 Å². The predicted octanol–water partition coefficient (Wildman–Crippen LogP) is -0.338. The minimum absolute atomic E-state index is 0.0337. The Hall–Kier alpha value is -5.51. The fraction of sp³-hybridized carbons (Fsp3) is 0.500. The summed E-state index contributed by atoms with van der Waals surface area (Å²) >= 11 is 0. The van der Waals surface area contributed by atoms with Gasteiger partial charge in [-0.25, -0.2) is 0 Å². The molecule has 0 unspecified atom stereocenters. The topological polar surface area (TPSA) is 264 Å². The average Bonchev–Trinajstić information content (AvgIpc) is 3.08.